The van der Waals surface area contributed by atoms with Gasteiger partial charge in [-0.2, -0.15) is 5.10 Å². The molecule has 1 aromatic heterocycles. The van der Waals surface area contributed by atoms with E-state index in [2.05, 4.69) is 34.0 Å². The first-order valence-corrected chi connectivity index (χ1v) is 8.84. The molecule has 5 nitrogen and oxygen atoms in total. The standard InChI is InChI=1S/C16H17N3O2S/c1-11(12-7-4-3-5-8-12)15-13-9-6-10-14(16(13)18-17-15)19-22(2,20)21/h3-11,19H,1-2H3,(H,17,18). The van der Waals surface area contributed by atoms with Crippen LogP contribution < -0.4 is 4.72 Å². The minimum Gasteiger partial charge on any atom is -0.281 e. The fourth-order valence-electron chi connectivity index (χ4n) is 2.58. The van der Waals surface area contributed by atoms with Gasteiger partial charge < -0.3 is 0 Å². The van der Waals surface area contributed by atoms with E-state index in [0.717, 1.165) is 17.3 Å². The Morgan fingerprint density at radius 2 is 1.82 bits per heavy atom. The van der Waals surface area contributed by atoms with Gasteiger partial charge in [0.05, 0.1) is 17.6 Å². The molecule has 0 bridgehead atoms. The zero-order valence-corrected chi connectivity index (χ0v) is 13.2. The smallest absolute Gasteiger partial charge is 0.229 e. The van der Waals surface area contributed by atoms with Gasteiger partial charge in [0.15, 0.2) is 0 Å². The number of nitrogens with one attached hydrogen (secondary N) is 2. The van der Waals surface area contributed by atoms with Crippen LogP contribution in [0.4, 0.5) is 5.69 Å². The molecule has 1 atom stereocenters. The number of fused-ring (bicyclic) bond motifs is 1. The summed E-state index contributed by atoms with van der Waals surface area (Å²) in [6.07, 6.45) is 1.13. The molecule has 6 heteroatoms. The molecule has 0 aliphatic rings. The summed E-state index contributed by atoms with van der Waals surface area (Å²) in [6, 6.07) is 15.6. The van der Waals surface area contributed by atoms with Crippen molar-refractivity contribution in [3.8, 4) is 0 Å². The van der Waals surface area contributed by atoms with Crippen molar-refractivity contribution >= 4 is 26.6 Å². The molecular weight excluding hydrogens is 298 g/mol. The van der Waals surface area contributed by atoms with Crippen molar-refractivity contribution in [1.82, 2.24) is 10.2 Å². The van der Waals surface area contributed by atoms with E-state index in [-0.39, 0.29) is 5.92 Å². The minimum atomic E-state index is -3.34. The van der Waals surface area contributed by atoms with Gasteiger partial charge in [0.25, 0.3) is 0 Å². The zero-order chi connectivity index (χ0) is 15.7. The Balaban J connectivity index is 2.08. The first kappa shape index (κ1) is 14.6. The minimum absolute atomic E-state index is 0.139. The van der Waals surface area contributed by atoms with Crippen LogP contribution in [0.1, 0.15) is 24.1 Å². The lowest BCUT2D eigenvalue weighted by Gasteiger charge is -2.10. The van der Waals surface area contributed by atoms with Gasteiger partial charge in [0, 0.05) is 11.3 Å². The Morgan fingerprint density at radius 1 is 1.09 bits per heavy atom. The summed E-state index contributed by atoms with van der Waals surface area (Å²) < 4.78 is 25.4. The highest BCUT2D eigenvalue weighted by molar-refractivity contribution is 7.92. The maximum absolute atomic E-state index is 11.5. The Hall–Kier alpha value is -2.34. The molecule has 0 aliphatic carbocycles. The number of sulfonamides is 1. The number of H-pyrrole nitrogens is 1. The molecule has 3 rings (SSSR count). The lowest BCUT2D eigenvalue weighted by atomic mass is 9.95. The quantitative estimate of drug-likeness (QED) is 0.777. The third-order valence-corrected chi connectivity index (χ3v) is 4.23. The molecule has 1 heterocycles. The molecule has 1 unspecified atom stereocenters. The Morgan fingerprint density at radius 3 is 2.50 bits per heavy atom. The summed E-state index contributed by atoms with van der Waals surface area (Å²) in [5.41, 5.74) is 3.27. The average Bonchev–Trinajstić information content (AvgIpc) is 2.91. The Labute approximate surface area is 129 Å². The van der Waals surface area contributed by atoms with Crippen LogP contribution in [0.2, 0.25) is 0 Å². The summed E-state index contributed by atoms with van der Waals surface area (Å²) in [5.74, 6) is 0.139. The summed E-state index contributed by atoms with van der Waals surface area (Å²) in [4.78, 5) is 0. The molecule has 3 aromatic rings. The number of anilines is 1. The number of aromatic amines is 1. The van der Waals surface area contributed by atoms with Gasteiger partial charge in [-0.25, -0.2) is 8.42 Å². The average molecular weight is 315 g/mol. The van der Waals surface area contributed by atoms with Gasteiger partial charge >= 0.3 is 0 Å². The number of hydrogen-bond acceptors (Lipinski definition) is 3. The predicted octanol–water partition coefficient (Wildman–Crippen LogP) is 3.09. The molecule has 22 heavy (non-hydrogen) atoms. The van der Waals surface area contributed by atoms with Gasteiger partial charge in [-0.15, -0.1) is 0 Å². The number of benzene rings is 2. The lowest BCUT2D eigenvalue weighted by molar-refractivity contribution is 0.607. The molecule has 0 saturated heterocycles. The number of hydrogen-bond donors (Lipinski definition) is 2. The van der Waals surface area contributed by atoms with Crippen LogP contribution in [0.25, 0.3) is 10.9 Å². The van der Waals surface area contributed by atoms with Crippen LogP contribution in [-0.2, 0) is 10.0 Å². The van der Waals surface area contributed by atoms with Crippen molar-refractivity contribution in [1.29, 1.82) is 0 Å². The van der Waals surface area contributed by atoms with Crippen LogP contribution >= 0.6 is 0 Å². The van der Waals surface area contributed by atoms with Gasteiger partial charge in [0.2, 0.25) is 10.0 Å². The van der Waals surface area contributed by atoms with Crippen molar-refractivity contribution < 1.29 is 8.42 Å². The van der Waals surface area contributed by atoms with Gasteiger partial charge in [-0.1, -0.05) is 49.4 Å². The molecule has 0 radical (unpaired) electrons. The van der Waals surface area contributed by atoms with Crippen LogP contribution in [-0.4, -0.2) is 24.9 Å². The van der Waals surface area contributed by atoms with Crippen molar-refractivity contribution in [3.05, 3.63) is 59.8 Å². The van der Waals surface area contributed by atoms with Crippen molar-refractivity contribution in [2.24, 2.45) is 0 Å². The van der Waals surface area contributed by atoms with Crippen molar-refractivity contribution in [2.75, 3.05) is 11.0 Å². The molecule has 0 aliphatic heterocycles. The molecule has 2 aromatic carbocycles. The molecular formula is C16H17N3O2S. The summed E-state index contributed by atoms with van der Waals surface area (Å²) in [5, 5.41) is 8.27. The highest BCUT2D eigenvalue weighted by Crippen LogP contribution is 2.31. The van der Waals surface area contributed by atoms with Gasteiger partial charge in [-0.3, -0.25) is 9.82 Å². The summed E-state index contributed by atoms with van der Waals surface area (Å²) in [6.45, 7) is 2.10. The monoisotopic (exact) mass is 315 g/mol. The van der Waals surface area contributed by atoms with Crippen LogP contribution in [0.15, 0.2) is 48.5 Å². The SMILES string of the molecule is CC(c1ccccc1)c1[nH]nc2c(NS(C)(=O)=O)cccc12. The summed E-state index contributed by atoms with van der Waals surface area (Å²) >= 11 is 0. The topological polar surface area (TPSA) is 74.8 Å². The van der Waals surface area contributed by atoms with E-state index in [0.29, 0.717) is 11.2 Å². The second kappa shape index (κ2) is 5.46. The highest BCUT2D eigenvalue weighted by atomic mass is 32.2. The second-order valence-electron chi connectivity index (χ2n) is 5.35. The number of aromatic nitrogens is 2. The van der Waals surface area contributed by atoms with Gasteiger partial charge in [0.1, 0.15) is 5.52 Å². The fraction of sp³-hybridized carbons (Fsp3) is 0.188. The largest absolute Gasteiger partial charge is 0.281 e. The molecule has 0 fully saturated rings. The predicted molar refractivity (Wildman–Crippen MR) is 88.5 cm³/mol. The fourth-order valence-corrected chi connectivity index (χ4v) is 3.14. The highest BCUT2D eigenvalue weighted by Gasteiger charge is 2.17. The summed E-state index contributed by atoms with van der Waals surface area (Å²) in [7, 11) is -3.34. The van der Waals surface area contributed by atoms with E-state index in [1.165, 1.54) is 5.56 Å². The molecule has 0 saturated carbocycles. The van der Waals surface area contributed by atoms with Crippen molar-refractivity contribution in [2.45, 2.75) is 12.8 Å². The van der Waals surface area contributed by atoms with E-state index >= 15 is 0 Å². The van der Waals surface area contributed by atoms with E-state index in [9.17, 15) is 8.42 Å². The third-order valence-electron chi connectivity index (χ3n) is 3.64. The third kappa shape index (κ3) is 2.82. The maximum Gasteiger partial charge on any atom is 0.229 e. The molecule has 2 N–H and O–H groups in total. The number of para-hydroxylation sites is 1. The van der Waals surface area contributed by atoms with E-state index in [4.69, 9.17) is 0 Å². The van der Waals surface area contributed by atoms with Crippen LogP contribution in [0, 0.1) is 0 Å². The zero-order valence-electron chi connectivity index (χ0n) is 12.4. The van der Waals surface area contributed by atoms with E-state index < -0.39 is 10.0 Å². The lowest BCUT2D eigenvalue weighted by Crippen LogP contribution is -2.09. The maximum atomic E-state index is 11.5. The Bertz CT molecular complexity index is 902. The van der Waals surface area contributed by atoms with Crippen molar-refractivity contribution in [3.63, 3.8) is 0 Å². The first-order chi connectivity index (χ1) is 10.5. The Kier molecular flexibility index (Phi) is 3.62. The van der Waals surface area contributed by atoms with E-state index in [1.54, 1.807) is 6.07 Å². The van der Waals surface area contributed by atoms with E-state index in [1.807, 2.05) is 30.3 Å². The molecule has 114 valence electrons. The first-order valence-electron chi connectivity index (χ1n) is 6.95. The second-order valence-corrected chi connectivity index (χ2v) is 7.09. The molecule has 0 spiro atoms. The number of rotatable bonds is 4. The van der Waals surface area contributed by atoms with Crippen LogP contribution in [0.5, 0.6) is 0 Å². The van der Waals surface area contributed by atoms with Crippen LogP contribution in [0.3, 0.4) is 0 Å². The molecule has 0 amide bonds. The number of nitrogens with zero attached hydrogens (tertiary/aromatic N) is 1. The van der Waals surface area contributed by atoms with Gasteiger partial charge in [-0.05, 0) is 11.6 Å². The normalized spacial score (nSPS) is 13.2.